The van der Waals surface area contributed by atoms with Crippen LogP contribution in [-0.2, 0) is 10.0 Å². The van der Waals surface area contributed by atoms with Crippen LogP contribution >= 0.6 is 11.6 Å². The Morgan fingerprint density at radius 2 is 1.79 bits per heavy atom. The minimum absolute atomic E-state index is 0.197. The van der Waals surface area contributed by atoms with Crippen molar-refractivity contribution in [2.24, 2.45) is 5.92 Å². The van der Waals surface area contributed by atoms with Crippen LogP contribution in [0.4, 0.5) is 22.0 Å². The molecule has 0 N–H and O–H groups in total. The molecule has 0 aromatic carbocycles. The summed E-state index contributed by atoms with van der Waals surface area (Å²) in [6.45, 7) is 0. The number of sulfonamides is 1. The Morgan fingerprint density at radius 1 is 1.26 bits per heavy atom. The predicted molar refractivity (Wildman–Crippen MR) is 57.3 cm³/mol. The van der Waals surface area contributed by atoms with Crippen molar-refractivity contribution in [1.29, 1.82) is 0 Å². The van der Waals surface area contributed by atoms with Gasteiger partial charge in [0, 0.05) is 12.0 Å². The Bertz CT molecular complexity index is 510. The van der Waals surface area contributed by atoms with Crippen molar-refractivity contribution in [2.75, 3.05) is 6.26 Å². The molecular weight excluding hydrogens is 317 g/mol. The van der Waals surface area contributed by atoms with Gasteiger partial charge in [-0.2, -0.15) is 26.3 Å². The first-order valence-electron chi connectivity index (χ1n) is 5.15. The SMILES string of the molecule is CS(=O)(=O)N1[C@@H]2C=C[C@@H](C2)[C@@]1(C(F)(F)F)C(F)(F)Cl. The van der Waals surface area contributed by atoms with Gasteiger partial charge in [0.05, 0.1) is 6.26 Å². The average Bonchev–Trinajstić information content (AvgIpc) is 2.69. The first-order valence-corrected chi connectivity index (χ1v) is 7.37. The highest BCUT2D eigenvalue weighted by Crippen LogP contribution is 2.61. The molecule has 0 unspecified atom stereocenters. The van der Waals surface area contributed by atoms with Gasteiger partial charge < -0.3 is 0 Å². The van der Waals surface area contributed by atoms with E-state index in [1.807, 2.05) is 0 Å². The van der Waals surface area contributed by atoms with E-state index in [1.165, 1.54) is 6.08 Å². The third kappa shape index (κ3) is 1.81. The van der Waals surface area contributed by atoms with Crippen LogP contribution in [-0.4, -0.2) is 42.1 Å². The topological polar surface area (TPSA) is 37.4 Å². The molecule has 0 radical (unpaired) electrons. The van der Waals surface area contributed by atoms with Gasteiger partial charge in [-0.25, -0.2) is 8.42 Å². The molecule has 2 rings (SSSR count). The summed E-state index contributed by atoms with van der Waals surface area (Å²) in [5.74, 6) is -1.69. The molecule has 19 heavy (non-hydrogen) atoms. The van der Waals surface area contributed by atoms with Crippen molar-refractivity contribution in [2.45, 2.75) is 29.6 Å². The van der Waals surface area contributed by atoms with Crippen molar-refractivity contribution in [3.63, 3.8) is 0 Å². The highest BCUT2D eigenvalue weighted by Gasteiger charge is 2.81. The molecule has 0 aromatic rings. The zero-order valence-electron chi connectivity index (χ0n) is 9.46. The largest absolute Gasteiger partial charge is 0.415 e. The molecule has 0 spiro atoms. The molecule has 1 heterocycles. The highest BCUT2D eigenvalue weighted by atomic mass is 35.5. The summed E-state index contributed by atoms with van der Waals surface area (Å²) < 4.78 is 89.6. The van der Waals surface area contributed by atoms with E-state index < -0.39 is 39.1 Å². The van der Waals surface area contributed by atoms with Gasteiger partial charge in [-0.1, -0.05) is 12.2 Å². The van der Waals surface area contributed by atoms with E-state index >= 15 is 0 Å². The molecule has 1 aliphatic heterocycles. The van der Waals surface area contributed by atoms with Gasteiger partial charge in [0.1, 0.15) is 0 Å². The molecule has 0 aromatic heterocycles. The molecule has 1 aliphatic carbocycles. The summed E-state index contributed by atoms with van der Waals surface area (Å²) in [4.78, 5) is 0. The summed E-state index contributed by atoms with van der Waals surface area (Å²) in [7, 11) is -4.51. The normalized spacial score (nSPS) is 36.2. The minimum atomic E-state index is -5.49. The molecule has 110 valence electrons. The van der Waals surface area contributed by atoms with E-state index in [9.17, 15) is 30.4 Å². The number of rotatable bonds is 2. The number of halogens is 6. The van der Waals surface area contributed by atoms with E-state index in [0.717, 1.165) is 6.08 Å². The molecule has 1 saturated heterocycles. The van der Waals surface area contributed by atoms with Gasteiger partial charge >= 0.3 is 11.6 Å². The number of alkyl halides is 6. The number of nitrogens with zero attached hydrogens (tertiary/aromatic N) is 1. The number of hydrogen-bond acceptors (Lipinski definition) is 2. The fourth-order valence-corrected chi connectivity index (χ4v) is 4.84. The second kappa shape index (κ2) is 3.82. The van der Waals surface area contributed by atoms with Crippen molar-refractivity contribution in [3.8, 4) is 0 Å². The maximum Gasteiger partial charge on any atom is 0.415 e. The smallest absolute Gasteiger partial charge is 0.212 e. The Labute approximate surface area is 111 Å². The lowest BCUT2D eigenvalue weighted by atomic mass is 9.85. The maximum atomic E-state index is 13.5. The summed E-state index contributed by atoms with van der Waals surface area (Å²) in [6.07, 6.45) is -3.25. The summed E-state index contributed by atoms with van der Waals surface area (Å²) in [5.41, 5.74) is -3.92. The Hall–Kier alpha value is -0.410. The number of fused-ring (bicyclic) bond motifs is 2. The summed E-state index contributed by atoms with van der Waals surface area (Å²) in [6, 6.07) is -1.24. The van der Waals surface area contributed by atoms with Gasteiger partial charge in [0.25, 0.3) is 0 Å². The van der Waals surface area contributed by atoms with Gasteiger partial charge in [-0.3, -0.25) is 0 Å². The Balaban J connectivity index is 2.76. The molecule has 3 atom stereocenters. The molecule has 0 saturated carbocycles. The molecular formula is C9H9ClF5NO2S. The minimum Gasteiger partial charge on any atom is -0.212 e. The van der Waals surface area contributed by atoms with Crippen LogP contribution in [0.1, 0.15) is 6.42 Å². The van der Waals surface area contributed by atoms with Crippen LogP contribution in [0.5, 0.6) is 0 Å². The predicted octanol–water partition coefficient (Wildman–Crippen LogP) is 2.34. The van der Waals surface area contributed by atoms with E-state index in [2.05, 4.69) is 11.6 Å². The van der Waals surface area contributed by atoms with E-state index in [-0.39, 0.29) is 10.7 Å². The Kier molecular flexibility index (Phi) is 3.02. The standard InChI is InChI=1S/C9H9ClF5NO2S/c1-19(17,18)16-6-3-2-5(4-6)7(16,8(10,11)12)9(13,14)15/h2-3,5-6H,4H2,1H3/t5-,6+,7-/m0/s1. The first-order chi connectivity index (χ1) is 8.33. The van der Waals surface area contributed by atoms with Gasteiger partial charge in [-0.05, 0) is 18.0 Å². The summed E-state index contributed by atoms with van der Waals surface area (Å²) in [5, 5.41) is -4.77. The van der Waals surface area contributed by atoms with E-state index in [0.29, 0.717) is 6.26 Å². The first kappa shape index (κ1) is 15.0. The molecule has 10 heteroatoms. The zero-order valence-corrected chi connectivity index (χ0v) is 11.0. The second-order valence-corrected chi connectivity index (χ2v) is 6.95. The Morgan fingerprint density at radius 3 is 2.11 bits per heavy atom. The van der Waals surface area contributed by atoms with Crippen molar-refractivity contribution >= 4 is 21.6 Å². The van der Waals surface area contributed by atoms with Crippen LogP contribution in [0.25, 0.3) is 0 Å². The van der Waals surface area contributed by atoms with Gasteiger partial charge in [0.15, 0.2) is 0 Å². The quantitative estimate of drug-likeness (QED) is 0.444. The monoisotopic (exact) mass is 325 g/mol. The molecule has 0 amide bonds. The van der Waals surface area contributed by atoms with Crippen LogP contribution in [0.3, 0.4) is 0 Å². The van der Waals surface area contributed by atoms with Crippen molar-refractivity contribution in [1.82, 2.24) is 4.31 Å². The lowest BCUT2D eigenvalue weighted by Crippen LogP contribution is -2.69. The lowest BCUT2D eigenvalue weighted by Gasteiger charge is -2.45. The van der Waals surface area contributed by atoms with Crippen LogP contribution in [0, 0.1) is 5.92 Å². The molecule has 3 nitrogen and oxygen atoms in total. The molecule has 2 bridgehead atoms. The highest BCUT2D eigenvalue weighted by molar-refractivity contribution is 7.88. The van der Waals surface area contributed by atoms with Crippen molar-refractivity contribution < 1.29 is 30.4 Å². The van der Waals surface area contributed by atoms with Gasteiger partial charge in [0.2, 0.25) is 15.6 Å². The zero-order chi connectivity index (χ0) is 14.9. The van der Waals surface area contributed by atoms with Gasteiger partial charge in [-0.15, -0.1) is 0 Å². The van der Waals surface area contributed by atoms with E-state index in [4.69, 9.17) is 0 Å². The van der Waals surface area contributed by atoms with Crippen LogP contribution in [0.2, 0.25) is 0 Å². The lowest BCUT2D eigenvalue weighted by molar-refractivity contribution is -0.269. The van der Waals surface area contributed by atoms with Crippen LogP contribution in [0.15, 0.2) is 12.2 Å². The summed E-state index contributed by atoms with van der Waals surface area (Å²) >= 11 is 4.68. The van der Waals surface area contributed by atoms with Crippen LogP contribution < -0.4 is 0 Å². The second-order valence-electron chi connectivity index (χ2n) is 4.62. The average molecular weight is 326 g/mol. The van der Waals surface area contributed by atoms with E-state index in [1.54, 1.807) is 0 Å². The number of hydrogen-bond donors (Lipinski definition) is 0. The maximum absolute atomic E-state index is 13.5. The fourth-order valence-electron chi connectivity index (χ4n) is 2.93. The third-order valence-electron chi connectivity index (χ3n) is 3.47. The fraction of sp³-hybridized carbons (Fsp3) is 0.778. The third-order valence-corrected chi connectivity index (χ3v) is 5.03. The molecule has 2 aliphatic rings. The van der Waals surface area contributed by atoms with Crippen molar-refractivity contribution in [3.05, 3.63) is 12.2 Å². The molecule has 1 fully saturated rings.